The Morgan fingerprint density at radius 3 is 2.53 bits per heavy atom. The van der Waals surface area contributed by atoms with E-state index in [4.69, 9.17) is 9.84 Å². The molecule has 0 heterocycles. The van der Waals surface area contributed by atoms with Crippen LogP contribution in [0.15, 0.2) is 22.7 Å². The highest BCUT2D eigenvalue weighted by Crippen LogP contribution is 2.25. The van der Waals surface area contributed by atoms with Crippen LogP contribution in [0.1, 0.15) is 30.6 Å². The molecule has 1 rings (SSSR count). The third-order valence-corrected chi connectivity index (χ3v) is 3.08. The van der Waals surface area contributed by atoms with Crippen LogP contribution in [-0.4, -0.2) is 29.6 Å². The molecule has 19 heavy (non-hydrogen) atoms. The standard InChI is InChI=1S/C13H16BrNO4/c1-13(2,7-11(16)17)15-12(18)8-4-5-10(19-3)9(14)6-8/h4-6H,7H2,1-3H3,(H,15,18)(H,16,17). The molecular weight excluding hydrogens is 314 g/mol. The lowest BCUT2D eigenvalue weighted by Gasteiger charge is -2.24. The number of aliphatic carboxylic acids is 1. The monoisotopic (exact) mass is 329 g/mol. The fourth-order valence-corrected chi connectivity index (χ4v) is 2.15. The van der Waals surface area contributed by atoms with Gasteiger partial charge >= 0.3 is 5.97 Å². The van der Waals surface area contributed by atoms with E-state index in [0.717, 1.165) is 0 Å². The van der Waals surface area contributed by atoms with Crippen molar-refractivity contribution in [1.82, 2.24) is 5.32 Å². The van der Waals surface area contributed by atoms with Gasteiger partial charge in [0, 0.05) is 11.1 Å². The maximum Gasteiger partial charge on any atom is 0.305 e. The summed E-state index contributed by atoms with van der Waals surface area (Å²) in [5.41, 5.74) is -0.374. The van der Waals surface area contributed by atoms with Crippen molar-refractivity contribution in [3.63, 3.8) is 0 Å². The number of amides is 1. The van der Waals surface area contributed by atoms with Crippen molar-refractivity contribution in [1.29, 1.82) is 0 Å². The van der Waals surface area contributed by atoms with Crippen LogP contribution in [0.5, 0.6) is 5.75 Å². The second-order valence-corrected chi connectivity index (χ2v) is 5.61. The van der Waals surface area contributed by atoms with Crippen LogP contribution >= 0.6 is 15.9 Å². The predicted molar refractivity (Wildman–Crippen MR) is 74.5 cm³/mol. The van der Waals surface area contributed by atoms with Gasteiger partial charge in [-0.3, -0.25) is 9.59 Å². The molecule has 0 fully saturated rings. The lowest BCUT2D eigenvalue weighted by Crippen LogP contribution is -2.44. The van der Waals surface area contributed by atoms with Gasteiger partial charge in [0.05, 0.1) is 18.0 Å². The Balaban J connectivity index is 2.84. The van der Waals surface area contributed by atoms with Gasteiger partial charge in [-0.15, -0.1) is 0 Å². The van der Waals surface area contributed by atoms with E-state index in [1.165, 1.54) is 7.11 Å². The summed E-state index contributed by atoms with van der Waals surface area (Å²) >= 11 is 3.30. The molecule has 0 spiro atoms. The average Bonchev–Trinajstić information content (AvgIpc) is 2.26. The Kier molecular flexibility index (Phi) is 4.94. The SMILES string of the molecule is COc1ccc(C(=O)NC(C)(C)CC(=O)O)cc1Br. The van der Waals surface area contributed by atoms with Crippen molar-refractivity contribution in [3.8, 4) is 5.75 Å². The average molecular weight is 330 g/mol. The second-order valence-electron chi connectivity index (χ2n) is 4.76. The Morgan fingerprint density at radius 1 is 1.42 bits per heavy atom. The van der Waals surface area contributed by atoms with E-state index in [1.807, 2.05) is 0 Å². The van der Waals surface area contributed by atoms with E-state index >= 15 is 0 Å². The number of halogens is 1. The summed E-state index contributed by atoms with van der Waals surface area (Å²) in [6.07, 6.45) is -0.143. The van der Waals surface area contributed by atoms with Gasteiger partial charge < -0.3 is 15.2 Å². The lowest BCUT2D eigenvalue weighted by atomic mass is 10.00. The van der Waals surface area contributed by atoms with E-state index < -0.39 is 11.5 Å². The zero-order valence-electron chi connectivity index (χ0n) is 11.0. The first kappa shape index (κ1) is 15.5. The number of nitrogens with one attached hydrogen (secondary N) is 1. The largest absolute Gasteiger partial charge is 0.496 e. The maximum absolute atomic E-state index is 12.0. The number of benzene rings is 1. The van der Waals surface area contributed by atoms with Crippen LogP contribution in [0.4, 0.5) is 0 Å². The molecule has 0 aliphatic rings. The summed E-state index contributed by atoms with van der Waals surface area (Å²) < 4.78 is 5.74. The summed E-state index contributed by atoms with van der Waals surface area (Å²) in [4.78, 5) is 22.7. The molecule has 0 aromatic heterocycles. The van der Waals surface area contributed by atoms with E-state index in [1.54, 1.807) is 32.0 Å². The molecule has 1 aromatic carbocycles. The molecule has 104 valence electrons. The van der Waals surface area contributed by atoms with E-state index in [9.17, 15) is 9.59 Å². The number of carbonyl (C=O) groups is 2. The Labute approximate surface area is 120 Å². The molecule has 0 atom stereocenters. The number of ether oxygens (including phenoxy) is 1. The smallest absolute Gasteiger partial charge is 0.305 e. The van der Waals surface area contributed by atoms with Gasteiger partial charge in [0.2, 0.25) is 0 Å². The summed E-state index contributed by atoms with van der Waals surface area (Å²) in [6.45, 7) is 3.33. The first-order valence-corrected chi connectivity index (χ1v) is 6.42. The minimum absolute atomic E-state index is 0.143. The van der Waals surface area contributed by atoms with Crippen LogP contribution in [0.25, 0.3) is 0 Å². The molecule has 0 unspecified atom stereocenters. The zero-order chi connectivity index (χ0) is 14.6. The number of carboxylic acids is 1. The first-order chi connectivity index (χ1) is 8.75. The van der Waals surface area contributed by atoms with Gasteiger partial charge in [-0.2, -0.15) is 0 Å². The number of hydrogen-bond donors (Lipinski definition) is 2. The lowest BCUT2D eigenvalue weighted by molar-refractivity contribution is -0.138. The Morgan fingerprint density at radius 2 is 2.05 bits per heavy atom. The quantitative estimate of drug-likeness (QED) is 0.869. The van der Waals surface area contributed by atoms with Gasteiger partial charge in [0.25, 0.3) is 5.91 Å². The summed E-state index contributed by atoms with van der Waals surface area (Å²) in [5.74, 6) is -0.655. The number of rotatable bonds is 5. The van der Waals surface area contributed by atoms with E-state index in [-0.39, 0.29) is 12.3 Å². The van der Waals surface area contributed by atoms with Gasteiger partial charge in [-0.25, -0.2) is 0 Å². The van der Waals surface area contributed by atoms with Gasteiger partial charge in [0.15, 0.2) is 0 Å². The van der Waals surface area contributed by atoms with Crippen LogP contribution < -0.4 is 10.1 Å². The van der Waals surface area contributed by atoms with Gasteiger partial charge in [-0.1, -0.05) is 0 Å². The van der Waals surface area contributed by atoms with E-state index in [0.29, 0.717) is 15.8 Å². The molecule has 2 N–H and O–H groups in total. The zero-order valence-corrected chi connectivity index (χ0v) is 12.6. The molecule has 0 radical (unpaired) electrons. The summed E-state index contributed by atoms with van der Waals surface area (Å²) in [7, 11) is 1.54. The normalized spacial score (nSPS) is 10.9. The van der Waals surface area contributed by atoms with Crippen molar-refractivity contribution < 1.29 is 19.4 Å². The number of hydrogen-bond acceptors (Lipinski definition) is 3. The Hall–Kier alpha value is -1.56. The molecule has 5 nitrogen and oxygen atoms in total. The van der Waals surface area contributed by atoms with Crippen molar-refractivity contribution >= 4 is 27.8 Å². The van der Waals surface area contributed by atoms with Crippen molar-refractivity contribution in [2.24, 2.45) is 0 Å². The second kappa shape index (κ2) is 6.06. The van der Waals surface area contributed by atoms with Crippen LogP contribution in [0, 0.1) is 0 Å². The fraction of sp³-hybridized carbons (Fsp3) is 0.385. The molecule has 1 amide bonds. The molecule has 6 heteroatoms. The van der Waals surface area contributed by atoms with Crippen molar-refractivity contribution in [2.45, 2.75) is 25.8 Å². The number of methoxy groups -OCH3 is 1. The molecule has 0 aliphatic heterocycles. The first-order valence-electron chi connectivity index (χ1n) is 5.63. The van der Waals surface area contributed by atoms with Crippen molar-refractivity contribution in [2.75, 3.05) is 7.11 Å². The van der Waals surface area contributed by atoms with Crippen LogP contribution in [-0.2, 0) is 4.79 Å². The third kappa shape index (κ3) is 4.55. The third-order valence-electron chi connectivity index (χ3n) is 2.46. The number of carbonyl (C=O) groups excluding carboxylic acids is 1. The molecule has 1 aromatic rings. The van der Waals surface area contributed by atoms with Gasteiger partial charge in [0.1, 0.15) is 5.75 Å². The number of carboxylic acid groups (broad SMARTS) is 1. The molecule has 0 saturated carbocycles. The van der Waals surface area contributed by atoms with Crippen LogP contribution in [0.2, 0.25) is 0 Å². The topological polar surface area (TPSA) is 75.6 Å². The molecule has 0 aliphatic carbocycles. The molecular formula is C13H16BrNO4. The van der Waals surface area contributed by atoms with Crippen LogP contribution in [0.3, 0.4) is 0 Å². The summed E-state index contributed by atoms with van der Waals surface area (Å²) in [5, 5.41) is 11.5. The van der Waals surface area contributed by atoms with Crippen molar-refractivity contribution in [3.05, 3.63) is 28.2 Å². The maximum atomic E-state index is 12.0. The molecule has 0 saturated heterocycles. The predicted octanol–water partition coefficient (Wildman–Crippen LogP) is 2.44. The Bertz CT molecular complexity index is 499. The highest BCUT2D eigenvalue weighted by atomic mass is 79.9. The fourth-order valence-electron chi connectivity index (χ4n) is 1.61. The summed E-state index contributed by atoms with van der Waals surface area (Å²) in [6, 6.07) is 4.92. The highest BCUT2D eigenvalue weighted by Gasteiger charge is 2.24. The van der Waals surface area contributed by atoms with Gasteiger partial charge in [-0.05, 0) is 48.0 Å². The van der Waals surface area contributed by atoms with E-state index in [2.05, 4.69) is 21.2 Å². The minimum Gasteiger partial charge on any atom is -0.496 e. The molecule has 0 bridgehead atoms. The highest BCUT2D eigenvalue weighted by molar-refractivity contribution is 9.10. The minimum atomic E-state index is -0.957.